The molecule has 5 fully saturated rings. The fourth-order valence-corrected chi connectivity index (χ4v) is 13.4. The Morgan fingerprint density at radius 3 is 2.19 bits per heavy atom. The number of phenolic OH excluding ortho intramolecular Hbond substituents is 1. The molecule has 1 aromatic carbocycles. The Bertz CT molecular complexity index is 1560. The Kier molecular flexibility index (Phi) is 10.6. The highest BCUT2D eigenvalue weighted by Crippen LogP contribution is 2.77. The van der Waals surface area contributed by atoms with Crippen molar-refractivity contribution < 1.29 is 33.7 Å². The predicted octanol–water partition coefficient (Wildman–Crippen LogP) is 9.86. The smallest absolute Gasteiger partial charge is 0.331 e. The third-order valence-electron chi connectivity index (χ3n) is 16.1. The van der Waals surface area contributed by atoms with E-state index in [1.165, 1.54) is 30.9 Å². The number of carbonyl (C=O) groups is 3. The van der Waals surface area contributed by atoms with Gasteiger partial charge in [0.25, 0.3) is 0 Å². The predicted molar refractivity (Wildman–Crippen MR) is 203 cm³/mol. The van der Waals surface area contributed by atoms with Gasteiger partial charge in [-0.1, -0.05) is 58.9 Å². The molecule has 5 aliphatic carbocycles. The first-order chi connectivity index (χ1) is 24.5. The van der Waals surface area contributed by atoms with E-state index in [9.17, 15) is 19.5 Å². The molecule has 0 saturated heterocycles. The topological polar surface area (TPSA) is 99.1 Å². The molecular formula is C45H64O7. The molecular weight excluding hydrogens is 652 g/mol. The maximum atomic E-state index is 13.1. The van der Waals surface area contributed by atoms with Gasteiger partial charge >= 0.3 is 17.9 Å². The van der Waals surface area contributed by atoms with Crippen molar-refractivity contribution in [3.63, 3.8) is 0 Å². The summed E-state index contributed by atoms with van der Waals surface area (Å²) < 4.78 is 17.3. The van der Waals surface area contributed by atoms with Gasteiger partial charge in [0.15, 0.2) is 0 Å². The summed E-state index contributed by atoms with van der Waals surface area (Å²) in [6.45, 7) is 21.7. The van der Waals surface area contributed by atoms with Crippen molar-refractivity contribution in [2.75, 3.05) is 13.2 Å². The normalized spacial score (nSPS) is 39.0. The molecule has 0 aromatic heterocycles. The van der Waals surface area contributed by atoms with E-state index < -0.39 is 0 Å². The number of ether oxygens (including phenoxy) is 3. The zero-order valence-corrected chi connectivity index (χ0v) is 32.9. The first kappa shape index (κ1) is 38.6. The molecule has 0 spiro atoms. The maximum Gasteiger partial charge on any atom is 0.331 e. The SMILES string of the molecule is C=C(C)[C@@H]1CC[C@]2(COC(=O)CCC(=O)OCC)CC[C@]3(C)[C@H](CC[C@@H]4[C@]5(C)CC[C@H](OC(=O)/C=C/c6ccc(O)cc6)C(C)(C)[C@@H]5CC[C@]43C)[C@H]12. The van der Waals surface area contributed by atoms with Crippen LogP contribution in [0, 0.1) is 56.7 Å². The molecule has 7 heteroatoms. The molecule has 0 amide bonds. The van der Waals surface area contributed by atoms with Crippen LogP contribution in [-0.2, 0) is 28.6 Å². The van der Waals surface area contributed by atoms with Gasteiger partial charge < -0.3 is 19.3 Å². The van der Waals surface area contributed by atoms with Crippen LogP contribution in [0.4, 0.5) is 0 Å². The average molecular weight is 717 g/mol. The van der Waals surface area contributed by atoms with Crippen molar-refractivity contribution in [2.24, 2.45) is 56.7 Å². The summed E-state index contributed by atoms with van der Waals surface area (Å²) in [5.74, 6) is 1.70. The second kappa shape index (κ2) is 14.3. The number of rotatable bonds is 10. The third kappa shape index (κ3) is 6.54. The van der Waals surface area contributed by atoms with Gasteiger partial charge in [0.1, 0.15) is 11.9 Å². The molecule has 10 atom stereocenters. The van der Waals surface area contributed by atoms with E-state index in [-0.39, 0.29) is 69.7 Å². The van der Waals surface area contributed by atoms with E-state index in [0.29, 0.717) is 42.8 Å². The van der Waals surface area contributed by atoms with Crippen LogP contribution in [0.2, 0.25) is 0 Å². The van der Waals surface area contributed by atoms with Gasteiger partial charge in [-0.3, -0.25) is 9.59 Å². The van der Waals surface area contributed by atoms with Crippen LogP contribution in [0.1, 0.15) is 131 Å². The van der Waals surface area contributed by atoms with Crippen LogP contribution in [0.25, 0.3) is 6.08 Å². The van der Waals surface area contributed by atoms with Crippen LogP contribution in [0.5, 0.6) is 5.75 Å². The minimum atomic E-state index is -0.349. The van der Waals surface area contributed by atoms with E-state index in [4.69, 9.17) is 14.2 Å². The monoisotopic (exact) mass is 716 g/mol. The van der Waals surface area contributed by atoms with Crippen LogP contribution in [-0.4, -0.2) is 42.3 Å². The first-order valence-electron chi connectivity index (χ1n) is 20.1. The quantitative estimate of drug-likeness (QED) is 0.111. The van der Waals surface area contributed by atoms with Crippen molar-refractivity contribution in [3.8, 4) is 5.75 Å². The fourth-order valence-electron chi connectivity index (χ4n) is 13.4. The Labute approximate surface area is 312 Å². The molecule has 0 radical (unpaired) electrons. The van der Waals surface area contributed by atoms with E-state index in [1.54, 1.807) is 37.3 Å². The molecule has 0 unspecified atom stereocenters. The summed E-state index contributed by atoms with van der Waals surface area (Å²) >= 11 is 0. The van der Waals surface area contributed by atoms with Gasteiger partial charge in [0, 0.05) is 16.9 Å². The van der Waals surface area contributed by atoms with Gasteiger partial charge in [-0.05, 0) is 148 Å². The fraction of sp³-hybridized carbons (Fsp3) is 0.711. The lowest BCUT2D eigenvalue weighted by atomic mass is 9.32. The van der Waals surface area contributed by atoms with Crippen molar-refractivity contribution in [3.05, 3.63) is 48.1 Å². The minimum Gasteiger partial charge on any atom is -0.508 e. The van der Waals surface area contributed by atoms with Gasteiger partial charge in [0.05, 0.1) is 26.1 Å². The van der Waals surface area contributed by atoms with E-state index in [2.05, 4.69) is 48.1 Å². The molecule has 0 aliphatic heterocycles. The second-order valence-electron chi connectivity index (χ2n) is 18.7. The molecule has 286 valence electrons. The number of phenols is 1. The van der Waals surface area contributed by atoms with Gasteiger partial charge in [0.2, 0.25) is 0 Å². The third-order valence-corrected chi connectivity index (χ3v) is 16.1. The number of benzene rings is 1. The van der Waals surface area contributed by atoms with Crippen molar-refractivity contribution >= 4 is 24.0 Å². The van der Waals surface area contributed by atoms with Crippen molar-refractivity contribution in [1.82, 2.24) is 0 Å². The Morgan fingerprint density at radius 1 is 0.827 bits per heavy atom. The number of carbonyl (C=O) groups excluding carboxylic acids is 3. The van der Waals surface area contributed by atoms with E-state index in [0.717, 1.165) is 50.5 Å². The number of allylic oxidation sites excluding steroid dienone is 1. The lowest BCUT2D eigenvalue weighted by molar-refractivity contribution is -0.251. The molecule has 6 rings (SSSR count). The summed E-state index contributed by atoms with van der Waals surface area (Å²) in [5, 5.41) is 9.59. The first-order valence-corrected chi connectivity index (χ1v) is 20.1. The lowest BCUT2D eigenvalue weighted by Gasteiger charge is -2.73. The molecule has 5 saturated carbocycles. The molecule has 1 N–H and O–H groups in total. The standard InChI is InChI=1S/C45H64O7/c1-9-50-37(47)18-19-38(48)51-28-45-25-20-32(29(2)3)40(45)33-15-16-35-42(6)23-22-36(52-39(49)17-12-30-10-13-31(46)14-11-30)41(4,5)34(42)21-24-44(35,8)43(33,7)26-27-45/h10-14,17,32-36,40,46H,2,9,15-16,18-28H2,1,3-8H3/b17-12+/t32-,33+,34-,35+,36-,40-,42+,43+,44+,45+/m0/s1. The molecule has 0 heterocycles. The summed E-state index contributed by atoms with van der Waals surface area (Å²) in [7, 11) is 0. The van der Waals surface area contributed by atoms with Crippen LogP contribution in [0.15, 0.2) is 42.5 Å². The maximum absolute atomic E-state index is 13.1. The minimum absolute atomic E-state index is 0.0433. The zero-order chi connectivity index (χ0) is 37.7. The number of esters is 3. The van der Waals surface area contributed by atoms with Gasteiger partial charge in [-0.25, -0.2) is 4.79 Å². The van der Waals surface area contributed by atoms with E-state index >= 15 is 0 Å². The molecule has 1 aromatic rings. The Balaban J connectivity index is 1.19. The zero-order valence-electron chi connectivity index (χ0n) is 32.9. The summed E-state index contributed by atoms with van der Waals surface area (Å²) in [4.78, 5) is 37.9. The highest BCUT2D eigenvalue weighted by molar-refractivity contribution is 5.87. The summed E-state index contributed by atoms with van der Waals surface area (Å²) in [6.07, 6.45) is 14.3. The Morgan fingerprint density at radius 2 is 1.52 bits per heavy atom. The highest BCUT2D eigenvalue weighted by atomic mass is 16.5. The number of fused-ring (bicyclic) bond motifs is 7. The van der Waals surface area contributed by atoms with Crippen molar-refractivity contribution in [2.45, 2.75) is 132 Å². The average Bonchev–Trinajstić information content (AvgIpc) is 3.48. The molecule has 5 aliphatic rings. The number of hydrogen-bond donors (Lipinski definition) is 1. The van der Waals surface area contributed by atoms with E-state index in [1.807, 2.05) is 0 Å². The summed E-state index contributed by atoms with van der Waals surface area (Å²) in [6, 6.07) is 6.80. The summed E-state index contributed by atoms with van der Waals surface area (Å²) in [5.41, 5.74) is 2.42. The van der Waals surface area contributed by atoms with Crippen molar-refractivity contribution in [1.29, 1.82) is 0 Å². The largest absolute Gasteiger partial charge is 0.508 e. The van der Waals surface area contributed by atoms with Gasteiger partial charge in [-0.15, -0.1) is 0 Å². The number of aromatic hydroxyl groups is 1. The van der Waals surface area contributed by atoms with Crippen LogP contribution >= 0.6 is 0 Å². The highest BCUT2D eigenvalue weighted by Gasteiger charge is 2.71. The second-order valence-corrected chi connectivity index (χ2v) is 18.7. The molecule has 0 bridgehead atoms. The lowest BCUT2D eigenvalue weighted by Crippen LogP contribution is -2.67. The molecule has 7 nitrogen and oxygen atoms in total. The van der Waals surface area contributed by atoms with Crippen LogP contribution < -0.4 is 0 Å². The Hall–Kier alpha value is -3.09. The molecule has 52 heavy (non-hydrogen) atoms. The van der Waals surface area contributed by atoms with Crippen LogP contribution in [0.3, 0.4) is 0 Å². The number of hydrogen-bond acceptors (Lipinski definition) is 7. The van der Waals surface area contributed by atoms with Gasteiger partial charge in [-0.2, -0.15) is 0 Å².